The molecule has 0 radical (unpaired) electrons. The molecule has 3 aromatic rings. The van der Waals surface area contributed by atoms with Crippen LogP contribution in [0.5, 0.6) is 5.75 Å². The molecule has 0 aliphatic carbocycles. The van der Waals surface area contributed by atoms with Gasteiger partial charge in [0.2, 0.25) is 10.9 Å². The van der Waals surface area contributed by atoms with Crippen molar-refractivity contribution in [3.05, 3.63) is 58.4 Å². The second-order valence-electron chi connectivity index (χ2n) is 5.21. The van der Waals surface area contributed by atoms with Crippen LogP contribution in [0.4, 0.5) is 5.69 Å². The van der Waals surface area contributed by atoms with Crippen molar-refractivity contribution >= 4 is 49.0 Å². The lowest BCUT2D eigenvalue weighted by Gasteiger charge is -2.10. The molecule has 0 saturated heterocycles. The number of carbonyl (C=O) groups is 1. The average Bonchev–Trinajstić information content (AvgIpc) is 3.08. The van der Waals surface area contributed by atoms with Crippen LogP contribution in [0.2, 0.25) is 0 Å². The Hall–Kier alpha value is -2.23. The Balaban J connectivity index is 1.88. The number of nitrogens with zero attached hydrogens (tertiary/aromatic N) is 1. The number of para-hydroxylation sites is 2. The van der Waals surface area contributed by atoms with E-state index in [0.29, 0.717) is 5.01 Å². The van der Waals surface area contributed by atoms with Crippen molar-refractivity contribution in [2.75, 3.05) is 5.32 Å². The van der Waals surface area contributed by atoms with Crippen LogP contribution in [0, 0.1) is 0 Å². The summed E-state index contributed by atoms with van der Waals surface area (Å²) in [6, 6.07) is 13.7. The second-order valence-corrected chi connectivity index (χ2v) is 8.48. The quantitative estimate of drug-likeness (QED) is 0.583. The van der Waals surface area contributed by atoms with Gasteiger partial charge in [-0.1, -0.05) is 40.2 Å². The Kier molecular flexibility index (Phi) is 5.40. The van der Waals surface area contributed by atoms with E-state index in [1.807, 2.05) is 24.3 Å². The maximum Gasteiger partial charge on any atom is 0.357 e. The zero-order valence-corrected chi connectivity index (χ0v) is 16.7. The minimum Gasteiger partial charge on any atom is -0.376 e. The van der Waals surface area contributed by atoms with Gasteiger partial charge in [0, 0.05) is 22.3 Å². The van der Waals surface area contributed by atoms with Crippen LogP contribution in [0.15, 0.2) is 63.4 Å². The minimum absolute atomic E-state index is 0.0286. The Morgan fingerprint density at radius 2 is 1.85 bits per heavy atom. The van der Waals surface area contributed by atoms with Gasteiger partial charge in [0.15, 0.2) is 5.75 Å². The lowest BCUT2D eigenvalue weighted by molar-refractivity contribution is -0.114. The lowest BCUT2D eigenvalue weighted by atomic mass is 10.2. The van der Waals surface area contributed by atoms with Crippen molar-refractivity contribution in [2.45, 2.75) is 11.9 Å². The normalized spacial score (nSPS) is 11.2. The summed E-state index contributed by atoms with van der Waals surface area (Å²) in [5.74, 6) is -0.300. The number of hydrogen-bond donors (Lipinski definition) is 1. The fraction of sp³-hybridized carbons (Fsp3) is 0.0588. The van der Waals surface area contributed by atoms with E-state index in [4.69, 9.17) is 4.18 Å². The summed E-state index contributed by atoms with van der Waals surface area (Å²) in [5, 5.41) is 4.34. The molecule has 0 fully saturated rings. The van der Waals surface area contributed by atoms with E-state index in [0.717, 1.165) is 10.0 Å². The van der Waals surface area contributed by atoms with Crippen molar-refractivity contribution in [3.63, 3.8) is 0 Å². The van der Waals surface area contributed by atoms with E-state index in [9.17, 15) is 13.2 Å². The van der Waals surface area contributed by atoms with Gasteiger partial charge in [0.1, 0.15) is 5.01 Å². The molecule has 1 aromatic heterocycles. The Labute approximate surface area is 163 Å². The minimum atomic E-state index is -4.13. The first-order valence-electron chi connectivity index (χ1n) is 7.38. The Morgan fingerprint density at radius 1 is 1.15 bits per heavy atom. The number of aromatic nitrogens is 1. The highest BCUT2D eigenvalue weighted by atomic mass is 79.9. The molecule has 26 heavy (non-hydrogen) atoms. The third kappa shape index (κ3) is 4.29. The van der Waals surface area contributed by atoms with Gasteiger partial charge in [-0.15, -0.1) is 11.3 Å². The Bertz CT molecular complexity index is 1050. The molecular weight excluding hydrogens is 440 g/mol. The lowest BCUT2D eigenvalue weighted by Crippen LogP contribution is -2.13. The molecule has 1 N–H and O–H groups in total. The molecule has 0 spiro atoms. The van der Waals surface area contributed by atoms with Crippen molar-refractivity contribution in [3.8, 4) is 16.3 Å². The van der Waals surface area contributed by atoms with Gasteiger partial charge < -0.3 is 9.50 Å². The molecule has 1 amide bonds. The molecule has 134 valence electrons. The first-order valence-corrected chi connectivity index (χ1v) is 10.5. The number of rotatable bonds is 5. The predicted octanol–water partition coefficient (Wildman–Crippen LogP) is 4.30. The van der Waals surface area contributed by atoms with Crippen molar-refractivity contribution < 1.29 is 17.4 Å². The molecule has 9 heteroatoms. The van der Waals surface area contributed by atoms with Gasteiger partial charge in [-0.3, -0.25) is 4.79 Å². The zero-order chi connectivity index (χ0) is 18.7. The van der Waals surface area contributed by atoms with Crippen molar-refractivity contribution in [2.24, 2.45) is 0 Å². The highest BCUT2D eigenvalue weighted by Gasteiger charge is 2.22. The van der Waals surface area contributed by atoms with Gasteiger partial charge >= 0.3 is 10.1 Å². The van der Waals surface area contributed by atoms with E-state index < -0.39 is 10.1 Å². The molecule has 0 aliphatic rings. The summed E-state index contributed by atoms with van der Waals surface area (Å²) >= 11 is 4.56. The summed E-state index contributed by atoms with van der Waals surface area (Å²) in [5.41, 5.74) is 1.07. The zero-order valence-electron chi connectivity index (χ0n) is 13.5. The summed E-state index contributed by atoms with van der Waals surface area (Å²) in [7, 11) is -4.13. The first-order chi connectivity index (χ1) is 12.3. The third-order valence-corrected chi connectivity index (χ3v) is 5.92. The van der Waals surface area contributed by atoms with Gasteiger partial charge in [-0.25, -0.2) is 4.98 Å². The topological polar surface area (TPSA) is 85.4 Å². The highest BCUT2D eigenvalue weighted by molar-refractivity contribution is 9.10. The molecule has 0 unspecified atom stereocenters. The van der Waals surface area contributed by atoms with Crippen LogP contribution >= 0.6 is 27.3 Å². The van der Waals surface area contributed by atoms with Gasteiger partial charge in [-0.05, 0) is 24.3 Å². The van der Waals surface area contributed by atoms with Crippen LogP contribution < -0.4 is 9.50 Å². The van der Waals surface area contributed by atoms with Crippen LogP contribution in [0.1, 0.15) is 6.92 Å². The Morgan fingerprint density at radius 3 is 2.54 bits per heavy atom. The number of hydrogen-bond acceptors (Lipinski definition) is 6. The molecular formula is C17H13BrN2O4S2. The van der Waals surface area contributed by atoms with Crippen LogP contribution in [0.3, 0.4) is 0 Å². The highest BCUT2D eigenvalue weighted by Crippen LogP contribution is 2.30. The summed E-state index contributed by atoms with van der Waals surface area (Å²) in [4.78, 5) is 15.4. The van der Waals surface area contributed by atoms with Gasteiger partial charge in [0.25, 0.3) is 0 Å². The molecule has 3 rings (SSSR count). The standard InChI is InChI=1S/C17H13BrN2O4S2/c1-11(21)19-14-4-2-3-5-15(14)24-26(22,23)16-10-25-17(20-16)12-6-8-13(18)9-7-12/h2-10H,1H3,(H,19,21). The van der Waals surface area contributed by atoms with Crippen molar-refractivity contribution in [1.82, 2.24) is 4.98 Å². The molecule has 0 atom stereocenters. The predicted molar refractivity (Wildman–Crippen MR) is 104 cm³/mol. The van der Waals surface area contributed by atoms with E-state index in [1.165, 1.54) is 29.7 Å². The monoisotopic (exact) mass is 452 g/mol. The number of amides is 1. The van der Waals surface area contributed by atoms with E-state index in [1.54, 1.807) is 18.2 Å². The first kappa shape index (κ1) is 18.6. The summed E-state index contributed by atoms with van der Waals surface area (Å²) in [6.07, 6.45) is 0. The van der Waals surface area contributed by atoms with E-state index in [-0.39, 0.29) is 22.4 Å². The largest absolute Gasteiger partial charge is 0.376 e. The number of benzene rings is 2. The van der Waals surface area contributed by atoms with Crippen LogP contribution in [-0.2, 0) is 14.9 Å². The maximum absolute atomic E-state index is 12.5. The third-order valence-electron chi connectivity index (χ3n) is 3.23. The molecule has 0 aliphatic heterocycles. The SMILES string of the molecule is CC(=O)Nc1ccccc1OS(=O)(=O)c1csc(-c2ccc(Br)cc2)n1. The summed E-state index contributed by atoms with van der Waals surface area (Å²) < 4.78 is 31.2. The average molecular weight is 453 g/mol. The fourth-order valence-electron chi connectivity index (χ4n) is 2.09. The molecule has 6 nitrogen and oxygen atoms in total. The molecule has 1 heterocycles. The summed E-state index contributed by atoms with van der Waals surface area (Å²) in [6.45, 7) is 1.33. The van der Waals surface area contributed by atoms with E-state index in [2.05, 4.69) is 26.2 Å². The van der Waals surface area contributed by atoms with Gasteiger partial charge in [-0.2, -0.15) is 8.42 Å². The number of carbonyl (C=O) groups excluding carboxylic acids is 1. The maximum atomic E-state index is 12.5. The number of anilines is 1. The molecule has 0 bridgehead atoms. The number of nitrogens with one attached hydrogen (secondary N) is 1. The van der Waals surface area contributed by atoms with Crippen LogP contribution in [0.25, 0.3) is 10.6 Å². The number of halogens is 1. The number of thiazole rings is 1. The second kappa shape index (κ2) is 7.56. The van der Waals surface area contributed by atoms with E-state index >= 15 is 0 Å². The molecule has 2 aromatic carbocycles. The molecule has 0 saturated carbocycles. The van der Waals surface area contributed by atoms with Crippen molar-refractivity contribution in [1.29, 1.82) is 0 Å². The van der Waals surface area contributed by atoms with Crippen LogP contribution in [-0.4, -0.2) is 19.3 Å². The smallest absolute Gasteiger partial charge is 0.357 e. The van der Waals surface area contributed by atoms with Gasteiger partial charge in [0.05, 0.1) is 5.69 Å². The fourth-order valence-corrected chi connectivity index (χ4v) is 4.39.